The monoisotopic (exact) mass is 396 g/mol. The normalized spacial score (nSPS) is 14.0. The fourth-order valence-corrected chi connectivity index (χ4v) is 3.23. The van der Waals surface area contributed by atoms with Crippen LogP contribution in [-0.2, 0) is 0 Å². The Morgan fingerprint density at radius 1 is 0.448 bits per heavy atom. The van der Waals surface area contributed by atoms with Crippen LogP contribution in [0.25, 0.3) is 0 Å². The molecule has 164 valence electrons. The van der Waals surface area contributed by atoms with Crippen molar-refractivity contribution in [1.82, 2.24) is 0 Å². The highest BCUT2D eigenvalue weighted by atomic mass is 14.0. The number of unbranched alkanes of at least 4 members (excludes halogenated alkanes) is 1. The van der Waals surface area contributed by atoms with Crippen LogP contribution in [0, 0.1) is 0 Å². The molecule has 0 N–H and O–H groups in total. The van der Waals surface area contributed by atoms with E-state index in [1.807, 2.05) is 0 Å². The summed E-state index contributed by atoms with van der Waals surface area (Å²) in [6, 6.07) is 0. The van der Waals surface area contributed by atoms with Crippen LogP contribution >= 0.6 is 0 Å². The Hall–Kier alpha value is -1.56. The number of hydrogen-bond acceptors (Lipinski definition) is 0. The van der Waals surface area contributed by atoms with Crippen molar-refractivity contribution >= 4 is 0 Å². The molecule has 0 bridgehead atoms. The van der Waals surface area contributed by atoms with Crippen LogP contribution in [-0.4, -0.2) is 0 Å². The molecule has 0 aliphatic heterocycles. The molecule has 0 aromatic carbocycles. The molecule has 0 unspecified atom stereocenters. The van der Waals surface area contributed by atoms with E-state index >= 15 is 0 Å². The summed E-state index contributed by atoms with van der Waals surface area (Å²) in [7, 11) is 0. The van der Waals surface area contributed by atoms with Gasteiger partial charge in [0.25, 0.3) is 0 Å². The minimum atomic E-state index is 1.17. The summed E-state index contributed by atoms with van der Waals surface area (Å²) in [5.41, 5.74) is 7.54. The highest BCUT2D eigenvalue weighted by Gasteiger charge is 1.94. The Morgan fingerprint density at radius 3 is 1.17 bits per heavy atom. The largest absolute Gasteiger partial charge is 0.0917 e. The third-order valence-electron chi connectivity index (χ3n) is 5.25. The Kier molecular flexibility index (Phi) is 17.5. The predicted molar refractivity (Wildman–Crippen MR) is 135 cm³/mol. The molecule has 0 radical (unpaired) electrons. The molecule has 0 heterocycles. The molecular formula is C29H48. The fraction of sp³-hybridized carbons (Fsp3) is 0.586. The molecule has 0 spiro atoms. The van der Waals surface area contributed by atoms with Crippen LogP contribution in [0.1, 0.15) is 113 Å². The van der Waals surface area contributed by atoms with Crippen molar-refractivity contribution < 1.29 is 0 Å². The summed E-state index contributed by atoms with van der Waals surface area (Å²) < 4.78 is 0. The maximum absolute atomic E-state index is 2.43. The molecule has 0 aromatic rings. The fourth-order valence-electron chi connectivity index (χ4n) is 3.23. The quantitative estimate of drug-likeness (QED) is 0.191. The Balaban J connectivity index is 4.02. The molecule has 0 amide bonds. The van der Waals surface area contributed by atoms with E-state index in [1.165, 1.54) is 92.1 Å². The van der Waals surface area contributed by atoms with Gasteiger partial charge in [-0.15, -0.1) is 0 Å². The van der Waals surface area contributed by atoms with Crippen LogP contribution in [0.15, 0.2) is 70.4 Å². The van der Waals surface area contributed by atoms with Gasteiger partial charge in [-0.25, -0.2) is 0 Å². The van der Waals surface area contributed by atoms with Crippen LogP contribution in [0.2, 0.25) is 0 Å². The van der Waals surface area contributed by atoms with Gasteiger partial charge in [0.1, 0.15) is 0 Å². The van der Waals surface area contributed by atoms with Gasteiger partial charge in [-0.05, 0) is 113 Å². The van der Waals surface area contributed by atoms with Crippen LogP contribution in [0.3, 0.4) is 0 Å². The first-order valence-corrected chi connectivity index (χ1v) is 11.7. The van der Waals surface area contributed by atoms with Crippen molar-refractivity contribution in [3.8, 4) is 0 Å². The van der Waals surface area contributed by atoms with Gasteiger partial charge in [-0.2, -0.15) is 0 Å². The first kappa shape index (κ1) is 27.4. The molecule has 0 rings (SSSR count). The second-order valence-corrected chi connectivity index (χ2v) is 8.78. The van der Waals surface area contributed by atoms with E-state index in [0.29, 0.717) is 0 Å². The van der Waals surface area contributed by atoms with E-state index in [-0.39, 0.29) is 0 Å². The highest BCUT2D eigenvalue weighted by molar-refractivity contribution is 5.07. The lowest BCUT2D eigenvalue weighted by molar-refractivity contribution is 0.897. The van der Waals surface area contributed by atoms with Crippen molar-refractivity contribution in [3.63, 3.8) is 0 Å². The van der Waals surface area contributed by atoms with Gasteiger partial charge in [-0.1, -0.05) is 70.4 Å². The molecule has 0 saturated heterocycles. The molecule has 0 saturated carbocycles. The molecule has 0 aliphatic carbocycles. The summed E-state index contributed by atoms with van der Waals surface area (Å²) in [4.78, 5) is 0. The van der Waals surface area contributed by atoms with Gasteiger partial charge in [0.2, 0.25) is 0 Å². The van der Waals surface area contributed by atoms with Gasteiger partial charge in [0.15, 0.2) is 0 Å². The minimum absolute atomic E-state index is 1.17. The summed E-state index contributed by atoms with van der Waals surface area (Å²) in [5.74, 6) is 0. The van der Waals surface area contributed by atoms with E-state index < -0.39 is 0 Å². The first-order chi connectivity index (χ1) is 13.8. The summed E-state index contributed by atoms with van der Waals surface area (Å²) in [6.45, 7) is 15.5. The maximum Gasteiger partial charge on any atom is -0.0288 e. The van der Waals surface area contributed by atoms with Crippen LogP contribution in [0.5, 0.6) is 0 Å². The molecule has 0 nitrogen and oxygen atoms in total. The lowest BCUT2D eigenvalue weighted by atomic mass is 10.0. The average molecular weight is 397 g/mol. The number of rotatable bonds is 15. The van der Waals surface area contributed by atoms with Crippen molar-refractivity contribution in [2.24, 2.45) is 0 Å². The second kappa shape index (κ2) is 18.5. The maximum atomic E-state index is 2.43. The number of allylic oxidation sites excluding steroid dienone is 12. The summed E-state index contributed by atoms with van der Waals surface area (Å²) in [6.07, 6.45) is 28.3. The first-order valence-electron chi connectivity index (χ1n) is 11.7. The van der Waals surface area contributed by atoms with Gasteiger partial charge in [-0.3, -0.25) is 0 Å². The summed E-state index contributed by atoms with van der Waals surface area (Å²) >= 11 is 0. The van der Waals surface area contributed by atoms with E-state index in [0.717, 1.165) is 0 Å². The van der Waals surface area contributed by atoms with E-state index in [1.54, 1.807) is 0 Å². The third kappa shape index (κ3) is 19.5. The molecule has 0 fully saturated rings. The minimum Gasteiger partial charge on any atom is -0.0917 e. The van der Waals surface area contributed by atoms with E-state index in [4.69, 9.17) is 0 Å². The Labute approximate surface area is 183 Å². The van der Waals surface area contributed by atoms with E-state index in [2.05, 4.69) is 91.0 Å². The van der Waals surface area contributed by atoms with Gasteiger partial charge < -0.3 is 0 Å². The zero-order valence-corrected chi connectivity index (χ0v) is 20.6. The van der Waals surface area contributed by atoms with Crippen molar-refractivity contribution in [1.29, 1.82) is 0 Å². The number of hydrogen-bond donors (Lipinski definition) is 0. The lowest BCUT2D eigenvalue weighted by Gasteiger charge is -2.02. The van der Waals surface area contributed by atoms with Crippen LogP contribution < -0.4 is 0 Å². The smallest absolute Gasteiger partial charge is 0.0288 e. The molecule has 0 atom stereocenters. The zero-order chi connectivity index (χ0) is 21.9. The Bertz CT molecular complexity index is 598. The Morgan fingerprint density at radius 2 is 0.793 bits per heavy atom. The molecular weight excluding hydrogens is 348 g/mol. The average Bonchev–Trinajstić information content (AvgIpc) is 2.65. The predicted octanol–water partition coefficient (Wildman–Crippen LogP) is 10.2. The molecule has 0 aliphatic rings. The second-order valence-electron chi connectivity index (χ2n) is 8.78. The van der Waals surface area contributed by atoms with Crippen molar-refractivity contribution in [2.75, 3.05) is 0 Å². The van der Waals surface area contributed by atoms with E-state index in [9.17, 15) is 0 Å². The zero-order valence-electron chi connectivity index (χ0n) is 20.6. The highest BCUT2D eigenvalue weighted by Crippen LogP contribution is 2.14. The van der Waals surface area contributed by atoms with Crippen molar-refractivity contribution in [3.05, 3.63) is 70.4 Å². The van der Waals surface area contributed by atoms with Crippen molar-refractivity contribution in [2.45, 2.75) is 113 Å². The molecule has 29 heavy (non-hydrogen) atoms. The van der Waals surface area contributed by atoms with Gasteiger partial charge in [0.05, 0.1) is 0 Å². The topological polar surface area (TPSA) is 0 Å². The third-order valence-corrected chi connectivity index (χ3v) is 5.25. The van der Waals surface area contributed by atoms with Crippen LogP contribution in [0.4, 0.5) is 0 Å². The molecule has 0 heteroatoms. The summed E-state index contributed by atoms with van der Waals surface area (Å²) in [5, 5.41) is 0. The SMILES string of the molecule is CC=CCCC(C)=CCCC(C)=CCCC=C(C)CCC=C(C)CCC=C(C)C. The lowest BCUT2D eigenvalue weighted by Crippen LogP contribution is -1.82. The molecule has 0 aromatic heterocycles. The van der Waals surface area contributed by atoms with Gasteiger partial charge >= 0.3 is 0 Å². The van der Waals surface area contributed by atoms with Gasteiger partial charge in [0, 0.05) is 0 Å². The standard InChI is InChI=1S/C29H48/c1-8-9-10-17-26(4)21-14-22-27(5)18-11-12-19-28(6)23-15-24-29(7)20-13-16-25(2)3/h8-9,16,18-19,21,24H,10-15,17,20,22-23H2,1-7H3.